The van der Waals surface area contributed by atoms with Crippen LogP contribution in [0.3, 0.4) is 0 Å². The molecule has 0 aromatic heterocycles. The van der Waals surface area contributed by atoms with Gasteiger partial charge in [-0.1, -0.05) is 30.3 Å². The topological polar surface area (TPSA) is 58.6 Å². The fourth-order valence-corrected chi connectivity index (χ4v) is 2.45. The SMILES string of the molecule is O=C(O)N[C@@H]1CC[C@H](COCc2ccccc2)C1. The summed E-state index contributed by atoms with van der Waals surface area (Å²) in [4.78, 5) is 10.5. The standard InChI is InChI=1S/C14H19NO3/c16-14(17)15-13-7-6-12(8-13)10-18-9-11-4-2-1-3-5-11/h1-5,12-13,15H,6-10H2,(H,16,17)/t12-,13+/m0/s1. The molecule has 1 saturated carbocycles. The highest BCUT2D eigenvalue weighted by atomic mass is 16.5. The molecule has 2 atom stereocenters. The molecular formula is C14H19NO3. The van der Waals surface area contributed by atoms with Gasteiger partial charge in [0.1, 0.15) is 0 Å². The second kappa shape index (κ2) is 6.40. The highest BCUT2D eigenvalue weighted by Gasteiger charge is 2.25. The molecule has 1 aromatic carbocycles. The van der Waals surface area contributed by atoms with Crippen molar-refractivity contribution in [2.45, 2.75) is 31.9 Å². The third-order valence-corrected chi connectivity index (χ3v) is 3.33. The van der Waals surface area contributed by atoms with E-state index in [1.54, 1.807) is 0 Å². The molecule has 1 aliphatic rings. The summed E-state index contributed by atoms with van der Waals surface area (Å²) in [6.45, 7) is 1.35. The van der Waals surface area contributed by atoms with Gasteiger partial charge in [-0.05, 0) is 30.7 Å². The molecule has 0 saturated heterocycles. The number of carbonyl (C=O) groups is 1. The summed E-state index contributed by atoms with van der Waals surface area (Å²) in [5.41, 5.74) is 1.18. The fourth-order valence-electron chi connectivity index (χ4n) is 2.45. The van der Waals surface area contributed by atoms with E-state index >= 15 is 0 Å². The maximum absolute atomic E-state index is 10.5. The third-order valence-electron chi connectivity index (χ3n) is 3.33. The minimum atomic E-state index is -0.925. The predicted molar refractivity (Wildman–Crippen MR) is 68.4 cm³/mol. The van der Waals surface area contributed by atoms with Crippen LogP contribution in [0.2, 0.25) is 0 Å². The quantitative estimate of drug-likeness (QED) is 0.843. The third kappa shape index (κ3) is 4.04. The van der Waals surface area contributed by atoms with E-state index in [2.05, 4.69) is 5.32 Å². The van der Waals surface area contributed by atoms with Gasteiger partial charge in [0.15, 0.2) is 0 Å². The van der Waals surface area contributed by atoms with Crippen LogP contribution in [0.4, 0.5) is 4.79 Å². The molecule has 18 heavy (non-hydrogen) atoms. The molecule has 2 rings (SSSR count). The summed E-state index contributed by atoms with van der Waals surface area (Å²) in [7, 11) is 0. The van der Waals surface area contributed by atoms with Crippen molar-refractivity contribution in [3.05, 3.63) is 35.9 Å². The molecule has 2 N–H and O–H groups in total. The molecule has 0 heterocycles. The zero-order chi connectivity index (χ0) is 12.8. The van der Waals surface area contributed by atoms with Gasteiger partial charge < -0.3 is 15.2 Å². The van der Waals surface area contributed by atoms with Crippen molar-refractivity contribution in [2.75, 3.05) is 6.61 Å². The molecule has 4 nitrogen and oxygen atoms in total. The maximum Gasteiger partial charge on any atom is 0.404 e. The molecule has 1 aliphatic carbocycles. The molecule has 0 unspecified atom stereocenters. The van der Waals surface area contributed by atoms with Gasteiger partial charge >= 0.3 is 6.09 Å². The van der Waals surface area contributed by atoms with Crippen molar-refractivity contribution in [2.24, 2.45) is 5.92 Å². The molecule has 0 aliphatic heterocycles. The van der Waals surface area contributed by atoms with Crippen molar-refractivity contribution in [3.63, 3.8) is 0 Å². The van der Waals surface area contributed by atoms with E-state index in [9.17, 15) is 4.79 Å². The van der Waals surface area contributed by atoms with Crippen molar-refractivity contribution in [1.82, 2.24) is 5.32 Å². The normalized spacial score (nSPS) is 22.9. The summed E-state index contributed by atoms with van der Waals surface area (Å²) in [5, 5.41) is 11.2. The molecule has 98 valence electrons. The molecule has 0 radical (unpaired) electrons. The van der Waals surface area contributed by atoms with E-state index in [1.165, 1.54) is 5.56 Å². The summed E-state index contributed by atoms with van der Waals surface area (Å²) >= 11 is 0. The number of benzene rings is 1. The number of carboxylic acid groups (broad SMARTS) is 1. The predicted octanol–water partition coefficient (Wildman–Crippen LogP) is 2.64. The van der Waals surface area contributed by atoms with Gasteiger partial charge in [-0.3, -0.25) is 0 Å². The van der Waals surface area contributed by atoms with Crippen LogP contribution >= 0.6 is 0 Å². The van der Waals surface area contributed by atoms with Gasteiger partial charge in [-0.2, -0.15) is 0 Å². The fraction of sp³-hybridized carbons (Fsp3) is 0.500. The Bertz CT molecular complexity index is 380. The van der Waals surface area contributed by atoms with E-state index < -0.39 is 6.09 Å². The average Bonchev–Trinajstić information content (AvgIpc) is 2.77. The van der Waals surface area contributed by atoms with Crippen LogP contribution in [-0.4, -0.2) is 23.8 Å². The first kappa shape index (κ1) is 12.9. The lowest BCUT2D eigenvalue weighted by atomic mass is 10.1. The number of amides is 1. The molecule has 1 fully saturated rings. The van der Waals surface area contributed by atoms with E-state index in [0.717, 1.165) is 19.3 Å². The van der Waals surface area contributed by atoms with Crippen molar-refractivity contribution in [3.8, 4) is 0 Å². The first-order valence-electron chi connectivity index (χ1n) is 6.35. The molecule has 1 amide bonds. The van der Waals surface area contributed by atoms with Crippen LogP contribution in [0.5, 0.6) is 0 Å². The van der Waals surface area contributed by atoms with Gasteiger partial charge in [0.2, 0.25) is 0 Å². The molecular weight excluding hydrogens is 230 g/mol. The molecule has 1 aromatic rings. The Kier molecular flexibility index (Phi) is 4.59. The minimum Gasteiger partial charge on any atom is -0.465 e. The smallest absolute Gasteiger partial charge is 0.404 e. The van der Waals surface area contributed by atoms with E-state index in [1.807, 2.05) is 30.3 Å². The zero-order valence-electron chi connectivity index (χ0n) is 10.3. The van der Waals surface area contributed by atoms with Crippen LogP contribution in [0, 0.1) is 5.92 Å². The lowest BCUT2D eigenvalue weighted by molar-refractivity contribution is 0.0880. The van der Waals surface area contributed by atoms with Crippen molar-refractivity contribution < 1.29 is 14.6 Å². The van der Waals surface area contributed by atoms with Gasteiger partial charge in [-0.25, -0.2) is 4.79 Å². The zero-order valence-corrected chi connectivity index (χ0v) is 10.3. The van der Waals surface area contributed by atoms with Crippen LogP contribution in [0.25, 0.3) is 0 Å². The van der Waals surface area contributed by atoms with E-state index in [4.69, 9.17) is 9.84 Å². The van der Waals surface area contributed by atoms with Gasteiger partial charge in [0.25, 0.3) is 0 Å². The highest BCUT2D eigenvalue weighted by molar-refractivity contribution is 5.64. The Morgan fingerprint density at radius 1 is 1.33 bits per heavy atom. The van der Waals surface area contributed by atoms with E-state index in [-0.39, 0.29) is 6.04 Å². The summed E-state index contributed by atoms with van der Waals surface area (Å²) in [6, 6.07) is 10.2. The number of nitrogens with one attached hydrogen (secondary N) is 1. The second-order valence-electron chi connectivity index (χ2n) is 4.83. The average molecular weight is 249 g/mol. The summed E-state index contributed by atoms with van der Waals surface area (Å²) in [5.74, 6) is 0.477. The Morgan fingerprint density at radius 2 is 2.11 bits per heavy atom. The van der Waals surface area contributed by atoms with Crippen molar-refractivity contribution >= 4 is 6.09 Å². The first-order valence-corrected chi connectivity index (χ1v) is 6.35. The second-order valence-corrected chi connectivity index (χ2v) is 4.83. The molecule has 0 bridgehead atoms. The van der Waals surface area contributed by atoms with Crippen LogP contribution < -0.4 is 5.32 Å². The lowest BCUT2D eigenvalue weighted by Crippen LogP contribution is -2.31. The number of ether oxygens (including phenoxy) is 1. The Labute approximate surface area is 107 Å². The summed E-state index contributed by atoms with van der Waals surface area (Å²) in [6.07, 6.45) is 1.93. The van der Waals surface area contributed by atoms with Gasteiger partial charge in [0, 0.05) is 12.6 Å². The Balaban J connectivity index is 1.65. The van der Waals surface area contributed by atoms with Gasteiger partial charge in [0.05, 0.1) is 6.61 Å². The Hall–Kier alpha value is -1.55. The van der Waals surface area contributed by atoms with Crippen LogP contribution in [-0.2, 0) is 11.3 Å². The van der Waals surface area contributed by atoms with Crippen LogP contribution in [0.15, 0.2) is 30.3 Å². The highest BCUT2D eigenvalue weighted by Crippen LogP contribution is 2.25. The number of rotatable bonds is 5. The first-order chi connectivity index (χ1) is 8.74. The Morgan fingerprint density at radius 3 is 2.83 bits per heavy atom. The molecule has 0 spiro atoms. The maximum atomic E-state index is 10.5. The minimum absolute atomic E-state index is 0.104. The van der Waals surface area contributed by atoms with Crippen molar-refractivity contribution in [1.29, 1.82) is 0 Å². The monoisotopic (exact) mass is 249 g/mol. The number of hydrogen-bond donors (Lipinski definition) is 2. The molecule has 4 heteroatoms. The van der Waals surface area contributed by atoms with Gasteiger partial charge in [-0.15, -0.1) is 0 Å². The lowest BCUT2D eigenvalue weighted by Gasteiger charge is -2.12. The van der Waals surface area contributed by atoms with E-state index in [0.29, 0.717) is 19.1 Å². The van der Waals surface area contributed by atoms with Crippen LogP contribution in [0.1, 0.15) is 24.8 Å². The summed E-state index contributed by atoms with van der Waals surface area (Å²) < 4.78 is 5.68. The number of hydrogen-bond acceptors (Lipinski definition) is 2. The largest absolute Gasteiger partial charge is 0.465 e.